The highest BCUT2D eigenvalue weighted by atomic mass is 79.9. The van der Waals surface area contributed by atoms with Gasteiger partial charge < -0.3 is 4.74 Å². The molecule has 0 radical (unpaired) electrons. The third kappa shape index (κ3) is 5.75. The standard InChI is InChI=1S/C10H12BrCl2NO3S/c11-7-5-9(13)10(6-8(7)12)17-3-1-2-4-18(14,15)16/h5-6H,1-4H2,(H2,14,15,16). The summed E-state index contributed by atoms with van der Waals surface area (Å²) in [5.41, 5.74) is 0. The highest BCUT2D eigenvalue weighted by Gasteiger charge is 2.07. The van der Waals surface area contributed by atoms with Gasteiger partial charge in [-0.2, -0.15) is 0 Å². The molecule has 0 aliphatic rings. The molecule has 0 aliphatic carbocycles. The van der Waals surface area contributed by atoms with Crippen molar-refractivity contribution in [2.75, 3.05) is 12.4 Å². The van der Waals surface area contributed by atoms with E-state index in [1.807, 2.05) is 0 Å². The summed E-state index contributed by atoms with van der Waals surface area (Å²) in [6.45, 7) is 0.354. The van der Waals surface area contributed by atoms with Gasteiger partial charge in [0.05, 0.1) is 22.4 Å². The lowest BCUT2D eigenvalue weighted by Gasteiger charge is -2.09. The number of benzene rings is 1. The predicted molar refractivity (Wildman–Crippen MR) is 76.9 cm³/mol. The van der Waals surface area contributed by atoms with E-state index in [0.717, 1.165) is 0 Å². The molecular formula is C10H12BrCl2NO3S. The third-order valence-electron chi connectivity index (χ3n) is 2.06. The van der Waals surface area contributed by atoms with E-state index in [-0.39, 0.29) is 5.75 Å². The molecule has 8 heteroatoms. The molecule has 0 atom stereocenters. The number of sulfonamides is 1. The third-order valence-corrected chi connectivity index (χ3v) is 4.41. The molecule has 0 fully saturated rings. The van der Waals surface area contributed by atoms with Gasteiger partial charge >= 0.3 is 0 Å². The van der Waals surface area contributed by atoms with E-state index < -0.39 is 10.0 Å². The number of rotatable bonds is 6. The van der Waals surface area contributed by atoms with Crippen molar-refractivity contribution in [3.05, 3.63) is 26.7 Å². The molecular weight excluding hydrogens is 365 g/mol. The molecule has 0 bridgehead atoms. The van der Waals surface area contributed by atoms with Crippen LogP contribution in [0.1, 0.15) is 12.8 Å². The Balaban J connectivity index is 2.43. The summed E-state index contributed by atoms with van der Waals surface area (Å²) in [6.07, 6.45) is 1.02. The summed E-state index contributed by atoms with van der Waals surface area (Å²) < 4.78 is 27.5. The Morgan fingerprint density at radius 1 is 1.22 bits per heavy atom. The number of primary sulfonamides is 1. The summed E-state index contributed by atoms with van der Waals surface area (Å²) in [4.78, 5) is 0. The van der Waals surface area contributed by atoms with Crippen LogP contribution >= 0.6 is 39.1 Å². The van der Waals surface area contributed by atoms with Crippen molar-refractivity contribution < 1.29 is 13.2 Å². The molecule has 0 unspecified atom stereocenters. The van der Waals surface area contributed by atoms with Crippen LogP contribution in [-0.2, 0) is 10.0 Å². The van der Waals surface area contributed by atoms with Gasteiger partial charge in [-0.1, -0.05) is 23.2 Å². The summed E-state index contributed by atoms with van der Waals surface area (Å²) in [5.74, 6) is 0.422. The van der Waals surface area contributed by atoms with Gasteiger partial charge in [0.2, 0.25) is 10.0 Å². The molecule has 0 amide bonds. The Hall–Kier alpha value is -0.0100. The van der Waals surface area contributed by atoms with Gasteiger partial charge in [0.15, 0.2) is 0 Å². The van der Waals surface area contributed by atoms with Crippen LogP contribution in [0.15, 0.2) is 16.6 Å². The van der Waals surface area contributed by atoms with Crippen LogP contribution in [0.2, 0.25) is 10.0 Å². The number of halogens is 3. The first-order valence-electron chi connectivity index (χ1n) is 5.07. The molecule has 1 aromatic rings. The van der Waals surface area contributed by atoms with Crippen molar-refractivity contribution in [1.29, 1.82) is 0 Å². The fourth-order valence-electron chi connectivity index (χ4n) is 1.20. The molecule has 1 rings (SSSR count). The van der Waals surface area contributed by atoms with E-state index in [0.29, 0.717) is 39.7 Å². The van der Waals surface area contributed by atoms with Crippen molar-refractivity contribution in [3.8, 4) is 5.75 Å². The molecule has 0 aromatic heterocycles. The minimum absolute atomic E-state index is 0.0504. The Morgan fingerprint density at radius 2 is 1.89 bits per heavy atom. The fourth-order valence-corrected chi connectivity index (χ4v) is 2.66. The van der Waals surface area contributed by atoms with E-state index in [1.165, 1.54) is 0 Å². The summed E-state index contributed by atoms with van der Waals surface area (Å²) in [5, 5.41) is 5.82. The normalized spacial score (nSPS) is 11.6. The van der Waals surface area contributed by atoms with Crippen LogP contribution in [0.5, 0.6) is 5.75 Å². The molecule has 0 spiro atoms. The van der Waals surface area contributed by atoms with Gasteiger partial charge in [0.25, 0.3) is 0 Å². The highest BCUT2D eigenvalue weighted by Crippen LogP contribution is 2.34. The van der Waals surface area contributed by atoms with Crippen molar-refractivity contribution in [3.63, 3.8) is 0 Å². The Morgan fingerprint density at radius 3 is 2.50 bits per heavy atom. The zero-order valence-corrected chi connectivity index (χ0v) is 13.2. The number of hydrogen-bond acceptors (Lipinski definition) is 3. The Kier molecular flexibility index (Phi) is 6.20. The lowest BCUT2D eigenvalue weighted by atomic mass is 10.3. The van der Waals surface area contributed by atoms with Gasteiger partial charge in [-0.25, -0.2) is 13.6 Å². The highest BCUT2D eigenvalue weighted by molar-refractivity contribution is 9.10. The lowest BCUT2D eigenvalue weighted by Crippen LogP contribution is -2.16. The molecule has 0 aliphatic heterocycles. The second-order valence-corrected chi connectivity index (χ2v) is 7.02. The van der Waals surface area contributed by atoms with Crippen molar-refractivity contribution in [1.82, 2.24) is 0 Å². The van der Waals surface area contributed by atoms with Gasteiger partial charge in [-0.15, -0.1) is 0 Å². The first-order chi connectivity index (χ1) is 8.29. The average molecular weight is 377 g/mol. The topological polar surface area (TPSA) is 69.4 Å². The Bertz CT molecular complexity index is 522. The molecule has 0 heterocycles. The summed E-state index contributed by atoms with van der Waals surface area (Å²) in [7, 11) is -3.40. The molecule has 1 aromatic carbocycles. The van der Waals surface area contributed by atoms with Gasteiger partial charge in [0, 0.05) is 10.5 Å². The smallest absolute Gasteiger partial charge is 0.209 e. The fraction of sp³-hybridized carbons (Fsp3) is 0.400. The van der Waals surface area contributed by atoms with Gasteiger partial charge in [0.1, 0.15) is 5.75 Å². The minimum atomic E-state index is -3.40. The summed E-state index contributed by atoms with van der Waals surface area (Å²) >= 11 is 15.1. The maximum Gasteiger partial charge on any atom is 0.209 e. The maximum absolute atomic E-state index is 10.7. The quantitative estimate of drug-likeness (QED) is 0.612. The zero-order chi connectivity index (χ0) is 13.8. The van der Waals surface area contributed by atoms with Crippen LogP contribution < -0.4 is 9.88 Å². The Labute approximate surface area is 125 Å². The number of hydrogen-bond donors (Lipinski definition) is 1. The minimum Gasteiger partial charge on any atom is -0.492 e. The van der Waals surface area contributed by atoms with E-state index >= 15 is 0 Å². The first kappa shape index (κ1) is 16.0. The monoisotopic (exact) mass is 375 g/mol. The second-order valence-electron chi connectivity index (χ2n) is 3.62. The van der Waals surface area contributed by atoms with E-state index in [2.05, 4.69) is 15.9 Å². The predicted octanol–water partition coefficient (Wildman–Crippen LogP) is 3.20. The molecule has 2 N–H and O–H groups in total. The number of ether oxygens (including phenoxy) is 1. The molecule has 0 saturated carbocycles. The zero-order valence-electron chi connectivity index (χ0n) is 9.33. The van der Waals surface area contributed by atoms with Crippen LogP contribution in [0.25, 0.3) is 0 Å². The van der Waals surface area contributed by atoms with Crippen molar-refractivity contribution in [2.24, 2.45) is 5.14 Å². The lowest BCUT2D eigenvalue weighted by molar-refractivity contribution is 0.309. The van der Waals surface area contributed by atoms with E-state index in [1.54, 1.807) is 12.1 Å². The maximum atomic E-state index is 10.7. The SMILES string of the molecule is NS(=O)(=O)CCCCOc1cc(Cl)c(Br)cc1Cl. The van der Waals surface area contributed by atoms with Crippen LogP contribution in [0, 0.1) is 0 Å². The van der Waals surface area contributed by atoms with Crippen molar-refractivity contribution in [2.45, 2.75) is 12.8 Å². The van der Waals surface area contributed by atoms with Crippen LogP contribution in [-0.4, -0.2) is 20.8 Å². The first-order valence-corrected chi connectivity index (χ1v) is 8.34. The largest absolute Gasteiger partial charge is 0.492 e. The second kappa shape index (κ2) is 6.96. The van der Waals surface area contributed by atoms with Crippen LogP contribution in [0.3, 0.4) is 0 Å². The van der Waals surface area contributed by atoms with Crippen molar-refractivity contribution >= 4 is 49.2 Å². The number of nitrogens with two attached hydrogens (primary N) is 1. The molecule has 0 saturated heterocycles. The molecule has 102 valence electrons. The van der Waals surface area contributed by atoms with E-state index in [4.69, 9.17) is 33.1 Å². The number of unbranched alkanes of at least 4 members (excludes halogenated alkanes) is 1. The van der Waals surface area contributed by atoms with Gasteiger partial charge in [-0.3, -0.25) is 0 Å². The molecule has 18 heavy (non-hydrogen) atoms. The van der Waals surface area contributed by atoms with E-state index in [9.17, 15) is 8.42 Å². The van der Waals surface area contributed by atoms with Gasteiger partial charge in [-0.05, 0) is 34.8 Å². The van der Waals surface area contributed by atoms with Crippen LogP contribution in [0.4, 0.5) is 0 Å². The average Bonchev–Trinajstić information content (AvgIpc) is 2.23. The summed E-state index contributed by atoms with van der Waals surface area (Å²) in [6, 6.07) is 3.25. The molecule has 4 nitrogen and oxygen atoms in total.